The number of carbonyl (C=O) groups is 1. The van der Waals surface area contributed by atoms with Gasteiger partial charge in [-0.3, -0.25) is 4.79 Å². The van der Waals surface area contributed by atoms with Gasteiger partial charge in [-0.05, 0) is 0 Å². The number of rotatable bonds is 1. The van der Waals surface area contributed by atoms with E-state index in [0.717, 1.165) is 0 Å². The van der Waals surface area contributed by atoms with Gasteiger partial charge in [0.15, 0.2) is 29.2 Å². The third-order valence-electron chi connectivity index (χ3n) is 1.65. The zero-order valence-electron chi connectivity index (χ0n) is 7.90. The summed E-state index contributed by atoms with van der Waals surface area (Å²) in [5.74, 6) is -14.1. The van der Waals surface area contributed by atoms with Crippen molar-refractivity contribution in [2.24, 2.45) is 16.5 Å². The fourth-order valence-corrected chi connectivity index (χ4v) is 0.966. The Bertz CT molecular complexity index is 495. The molecule has 0 fully saturated rings. The van der Waals surface area contributed by atoms with Crippen LogP contribution in [-0.2, 0) is 0 Å². The van der Waals surface area contributed by atoms with E-state index < -0.39 is 46.5 Å². The number of halogens is 5. The molecule has 1 amide bonds. The van der Waals surface area contributed by atoms with Crippen LogP contribution < -0.4 is 11.5 Å². The van der Waals surface area contributed by atoms with E-state index in [4.69, 9.17) is 11.5 Å². The number of aliphatic imine (C=N–C) groups is 1. The molecule has 0 unspecified atom stereocenters. The summed E-state index contributed by atoms with van der Waals surface area (Å²) in [5, 5.41) is 0. The number of guanidine groups is 1. The summed E-state index contributed by atoms with van der Waals surface area (Å²) in [6, 6.07) is 0. The SMILES string of the molecule is NC(N)=NC(=O)c1c(F)c(F)c(F)c(F)c1F. The van der Waals surface area contributed by atoms with Crippen molar-refractivity contribution in [2.45, 2.75) is 0 Å². The van der Waals surface area contributed by atoms with Gasteiger partial charge in [0.25, 0.3) is 5.91 Å². The molecule has 9 heteroatoms. The molecule has 0 saturated heterocycles. The van der Waals surface area contributed by atoms with E-state index in [0.29, 0.717) is 0 Å². The number of nitrogens with two attached hydrogens (primary N) is 2. The fraction of sp³-hybridized carbons (Fsp3) is 0. The van der Waals surface area contributed by atoms with Gasteiger partial charge < -0.3 is 11.5 Å². The molecule has 1 aromatic rings. The second kappa shape index (κ2) is 4.36. The maximum atomic E-state index is 13.0. The Kier molecular flexibility index (Phi) is 3.30. The van der Waals surface area contributed by atoms with Crippen molar-refractivity contribution in [3.05, 3.63) is 34.6 Å². The number of benzene rings is 1. The van der Waals surface area contributed by atoms with E-state index in [1.54, 1.807) is 0 Å². The highest BCUT2D eigenvalue weighted by Gasteiger charge is 2.29. The van der Waals surface area contributed by atoms with Crippen LogP contribution >= 0.6 is 0 Å². The maximum absolute atomic E-state index is 13.0. The highest BCUT2D eigenvalue weighted by atomic mass is 19.2. The zero-order valence-corrected chi connectivity index (χ0v) is 7.90. The molecule has 0 radical (unpaired) electrons. The van der Waals surface area contributed by atoms with Crippen molar-refractivity contribution < 1.29 is 26.7 Å². The quantitative estimate of drug-likeness (QED) is 0.255. The summed E-state index contributed by atoms with van der Waals surface area (Å²) in [7, 11) is 0. The molecule has 17 heavy (non-hydrogen) atoms. The first-order chi connectivity index (χ1) is 7.77. The number of hydrogen-bond donors (Lipinski definition) is 2. The average Bonchev–Trinajstić information content (AvgIpc) is 2.23. The lowest BCUT2D eigenvalue weighted by Crippen LogP contribution is -2.25. The Labute approximate surface area is 90.7 Å². The van der Waals surface area contributed by atoms with E-state index >= 15 is 0 Å². The lowest BCUT2D eigenvalue weighted by Gasteiger charge is -2.04. The average molecular weight is 253 g/mol. The van der Waals surface area contributed by atoms with Gasteiger partial charge in [-0.25, -0.2) is 22.0 Å². The molecule has 0 saturated carbocycles. The fourth-order valence-electron chi connectivity index (χ4n) is 0.966. The minimum Gasteiger partial charge on any atom is -0.370 e. The lowest BCUT2D eigenvalue weighted by molar-refractivity contribution is 0.0991. The van der Waals surface area contributed by atoms with Crippen molar-refractivity contribution >= 4 is 11.9 Å². The molecule has 0 heterocycles. The first kappa shape index (κ1) is 12.9. The monoisotopic (exact) mass is 253 g/mol. The number of amides is 1. The number of hydrogen-bond acceptors (Lipinski definition) is 1. The van der Waals surface area contributed by atoms with Crippen LogP contribution in [-0.4, -0.2) is 11.9 Å². The minimum atomic E-state index is -2.37. The zero-order chi connectivity index (χ0) is 13.3. The van der Waals surface area contributed by atoms with Gasteiger partial charge in [0.05, 0.1) is 0 Å². The summed E-state index contributed by atoms with van der Waals surface area (Å²) in [6.07, 6.45) is 0. The molecule has 0 aromatic heterocycles. The Morgan fingerprint density at radius 1 is 0.824 bits per heavy atom. The molecule has 0 bridgehead atoms. The van der Waals surface area contributed by atoms with E-state index in [2.05, 4.69) is 4.99 Å². The smallest absolute Gasteiger partial charge is 0.286 e. The predicted molar refractivity (Wildman–Crippen MR) is 46.4 cm³/mol. The van der Waals surface area contributed by atoms with E-state index in [1.165, 1.54) is 0 Å². The van der Waals surface area contributed by atoms with Gasteiger partial charge in [-0.2, -0.15) is 4.99 Å². The van der Waals surface area contributed by atoms with Crippen LogP contribution in [0.4, 0.5) is 22.0 Å². The van der Waals surface area contributed by atoms with E-state index in [1.807, 2.05) is 0 Å². The molecule has 0 atom stereocenters. The third kappa shape index (κ3) is 2.17. The van der Waals surface area contributed by atoms with Crippen LogP contribution in [0.1, 0.15) is 10.4 Å². The summed E-state index contributed by atoms with van der Waals surface area (Å²) in [4.78, 5) is 13.7. The van der Waals surface area contributed by atoms with Crippen molar-refractivity contribution in [3.8, 4) is 0 Å². The van der Waals surface area contributed by atoms with E-state index in [-0.39, 0.29) is 0 Å². The Morgan fingerprint density at radius 2 is 1.18 bits per heavy atom. The molecule has 0 aliphatic carbocycles. The van der Waals surface area contributed by atoms with Gasteiger partial charge in [0.1, 0.15) is 5.56 Å². The number of nitrogens with zero attached hydrogens (tertiary/aromatic N) is 1. The van der Waals surface area contributed by atoms with Gasteiger partial charge in [0.2, 0.25) is 5.82 Å². The second-order valence-electron chi connectivity index (χ2n) is 2.79. The van der Waals surface area contributed by atoms with Gasteiger partial charge >= 0.3 is 0 Å². The molecule has 0 aliphatic heterocycles. The Morgan fingerprint density at radius 3 is 1.53 bits per heavy atom. The van der Waals surface area contributed by atoms with Crippen LogP contribution in [0.15, 0.2) is 4.99 Å². The summed E-state index contributed by atoms with van der Waals surface area (Å²) < 4.78 is 64.0. The van der Waals surface area contributed by atoms with Crippen molar-refractivity contribution in [2.75, 3.05) is 0 Å². The standard InChI is InChI=1S/C8H4F5N3O/c9-2-1(7(17)16-8(14)15)3(10)5(12)6(13)4(2)11/h(H4,14,15,16,17). The number of carbonyl (C=O) groups excluding carboxylic acids is 1. The van der Waals surface area contributed by atoms with Crippen LogP contribution in [0.5, 0.6) is 0 Å². The van der Waals surface area contributed by atoms with Crippen LogP contribution in [0.25, 0.3) is 0 Å². The summed E-state index contributed by atoms with van der Waals surface area (Å²) in [6.45, 7) is 0. The maximum Gasteiger partial charge on any atom is 0.286 e. The van der Waals surface area contributed by atoms with Crippen molar-refractivity contribution in [1.82, 2.24) is 0 Å². The topological polar surface area (TPSA) is 81.5 Å². The first-order valence-corrected chi connectivity index (χ1v) is 3.92. The van der Waals surface area contributed by atoms with Crippen LogP contribution in [0, 0.1) is 29.1 Å². The first-order valence-electron chi connectivity index (χ1n) is 3.92. The van der Waals surface area contributed by atoms with Gasteiger partial charge in [0, 0.05) is 0 Å². The van der Waals surface area contributed by atoms with Crippen LogP contribution in [0.2, 0.25) is 0 Å². The Balaban J connectivity index is 3.55. The van der Waals surface area contributed by atoms with Crippen LogP contribution in [0.3, 0.4) is 0 Å². The summed E-state index contributed by atoms with van der Waals surface area (Å²) in [5.41, 5.74) is 7.76. The summed E-state index contributed by atoms with van der Waals surface area (Å²) >= 11 is 0. The van der Waals surface area contributed by atoms with Gasteiger partial charge in [-0.15, -0.1) is 0 Å². The molecule has 0 aliphatic rings. The molecular formula is C8H4F5N3O. The van der Waals surface area contributed by atoms with Crippen molar-refractivity contribution in [3.63, 3.8) is 0 Å². The van der Waals surface area contributed by atoms with Gasteiger partial charge in [-0.1, -0.05) is 0 Å². The van der Waals surface area contributed by atoms with E-state index in [9.17, 15) is 26.7 Å². The normalized spacial score (nSPS) is 10.2. The second-order valence-corrected chi connectivity index (χ2v) is 2.79. The molecule has 1 aromatic carbocycles. The molecule has 92 valence electrons. The minimum absolute atomic E-state index is 0.876. The predicted octanol–water partition coefficient (Wildman–Crippen LogP) is 0.796. The van der Waals surface area contributed by atoms with Crippen molar-refractivity contribution in [1.29, 1.82) is 0 Å². The lowest BCUT2D eigenvalue weighted by atomic mass is 10.1. The molecule has 4 N–H and O–H groups in total. The molecule has 1 rings (SSSR count). The highest BCUT2D eigenvalue weighted by Crippen LogP contribution is 2.23. The molecule has 4 nitrogen and oxygen atoms in total. The third-order valence-corrected chi connectivity index (χ3v) is 1.65. The highest BCUT2D eigenvalue weighted by molar-refractivity contribution is 6.02. The molecule has 0 spiro atoms. The molecular weight excluding hydrogens is 249 g/mol. The Hall–Kier alpha value is -2.19. The largest absolute Gasteiger partial charge is 0.370 e.